The van der Waals surface area contributed by atoms with Crippen molar-refractivity contribution in [3.63, 3.8) is 0 Å². The maximum absolute atomic E-state index is 12.3. The van der Waals surface area contributed by atoms with Gasteiger partial charge in [-0.2, -0.15) is 0 Å². The number of benzene rings is 1. The van der Waals surface area contributed by atoms with Crippen LogP contribution < -0.4 is 5.32 Å². The summed E-state index contributed by atoms with van der Waals surface area (Å²) in [5.74, 6) is 0.157. The molecule has 0 saturated heterocycles. The first-order valence-corrected chi connectivity index (χ1v) is 6.31. The van der Waals surface area contributed by atoms with Crippen molar-refractivity contribution >= 4 is 5.91 Å². The monoisotopic (exact) mass is 240 g/mol. The van der Waals surface area contributed by atoms with Crippen LogP contribution >= 0.6 is 0 Å². The lowest BCUT2D eigenvalue weighted by Gasteiger charge is -2.16. The van der Waals surface area contributed by atoms with E-state index in [4.69, 9.17) is 0 Å². The van der Waals surface area contributed by atoms with E-state index < -0.39 is 0 Å². The summed E-state index contributed by atoms with van der Waals surface area (Å²) in [7, 11) is 0. The second-order valence-corrected chi connectivity index (χ2v) is 4.64. The van der Waals surface area contributed by atoms with Crippen LogP contribution in [0.5, 0.6) is 0 Å². The molecule has 0 saturated carbocycles. The number of rotatable bonds is 2. The van der Waals surface area contributed by atoms with Gasteiger partial charge in [-0.25, -0.2) is 0 Å². The highest BCUT2D eigenvalue weighted by Gasteiger charge is 2.17. The molecule has 0 atom stereocenters. The van der Waals surface area contributed by atoms with Crippen LogP contribution in [0.1, 0.15) is 21.6 Å². The minimum absolute atomic E-state index is 0.157. The van der Waals surface area contributed by atoms with E-state index in [1.807, 2.05) is 47.2 Å². The number of nitrogens with one attached hydrogen (secondary N) is 1. The molecule has 0 unspecified atom stereocenters. The summed E-state index contributed by atoms with van der Waals surface area (Å²) in [6.07, 6.45) is 3.31. The van der Waals surface area contributed by atoms with E-state index in [9.17, 15) is 4.79 Å². The normalized spacial score (nSPS) is 14.2. The molecule has 1 aromatic carbocycles. The molecule has 3 nitrogen and oxygen atoms in total. The van der Waals surface area contributed by atoms with Gasteiger partial charge in [-0.05, 0) is 17.2 Å². The first-order chi connectivity index (χ1) is 8.84. The van der Waals surface area contributed by atoms with Crippen molar-refractivity contribution < 1.29 is 4.79 Å². The van der Waals surface area contributed by atoms with Crippen molar-refractivity contribution in [1.82, 2.24) is 9.88 Å². The number of nitrogens with zero attached hydrogens (tertiary/aromatic N) is 1. The second kappa shape index (κ2) is 4.78. The summed E-state index contributed by atoms with van der Waals surface area (Å²) in [5.41, 5.74) is 3.50. The summed E-state index contributed by atoms with van der Waals surface area (Å²) in [6, 6.07) is 11.9. The average Bonchev–Trinajstić information content (AvgIpc) is 2.84. The zero-order valence-electron chi connectivity index (χ0n) is 10.2. The van der Waals surface area contributed by atoms with Gasteiger partial charge in [0.1, 0.15) is 0 Å². The van der Waals surface area contributed by atoms with Gasteiger partial charge in [-0.3, -0.25) is 9.36 Å². The summed E-state index contributed by atoms with van der Waals surface area (Å²) >= 11 is 0. The predicted molar refractivity (Wildman–Crippen MR) is 70.6 cm³/mol. The van der Waals surface area contributed by atoms with Crippen molar-refractivity contribution in [3.8, 4) is 0 Å². The Balaban J connectivity index is 1.83. The molecule has 0 radical (unpaired) electrons. The largest absolute Gasteiger partial charge is 0.312 e. The van der Waals surface area contributed by atoms with E-state index in [1.54, 1.807) is 0 Å². The Morgan fingerprint density at radius 2 is 2.06 bits per heavy atom. The highest BCUT2D eigenvalue weighted by molar-refractivity contribution is 5.82. The van der Waals surface area contributed by atoms with Crippen molar-refractivity contribution in [3.05, 3.63) is 59.4 Å². The minimum Gasteiger partial charge on any atom is -0.312 e. The highest BCUT2D eigenvalue weighted by Crippen LogP contribution is 2.16. The maximum Gasteiger partial charge on any atom is 0.235 e. The molecule has 0 aliphatic carbocycles. The zero-order chi connectivity index (χ0) is 12.4. The molecule has 18 heavy (non-hydrogen) atoms. The Morgan fingerprint density at radius 3 is 2.89 bits per heavy atom. The lowest BCUT2D eigenvalue weighted by Crippen LogP contribution is -2.26. The highest BCUT2D eigenvalue weighted by atomic mass is 16.2. The Kier molecular flexibility index (Phi) is 2.99. The van der Waals surface area contributed by atoms with E-state index in [1.165, 1.54) is 11.3 Å². The number of fused-ring (bicyclic) bond motifs is 1. The van der Waals surface area contributed by atoms with Crippen molar-refractivity contribution in [2.45, 2.75) is 19.4 Å². The topological polar surface area (TPSA) is 34.0 Å². The predicted octanol–water partition coefficient (Wildman–Crippen LogP) is 2.02. The lowest BCUT2D eigenvalue weighted by atomic mass is 10.1. The number of carbonyl (C=O) groups is 1. The lowest BCUT2D eigenvalue weighted by molar-refractivity contribution is 0.0911. The molecule has 92 valence electrons. The molecule has 2 heterocycles. The van der Waals surface area contributed by atoms with E-state index in [0.29, 0.717) is 6.42 Å². The van der Waals surface area contributed by atoms with Crippen LogP contribution in [-0.2, 0) is 19.4 Å². The van der Waals surface area contributed by atoms with Gasteiger partial charge in [0.25, 0.3) is 0 Å². The standard InChI is InChI=1S/C15H16N2O/c18-15(10-12-4-2-1-3-5-12)17-9-7-13-11-16-8-6-14(13)17/h1-5,7,9,16H,6,8,10-11H2. The Bertz CT molecular complexity index is 557. The molecule has 1 N–H and O–H groups in total. The molecule has 0 spiro atoms. The van der Waals surface area contributed by atoms with Crippen LogP contribution in [-0.4, -0.2) is 17.0 Å². The quantitative estimate of drug-likeness (QED) is 0.871. The summed E-state index contributed by atoms with van der Waals surface area (Å²) < 4.78 is 1.82. The number of hydrogen-bond acceptors (Lipinski definition) is 2. The van der Waals surface area contributed by atoms with Crippen LogP contribution in [0.15, 0.2) is 42.6 Å². The van der Waals surface area contributed by atoms with Crippen molar-refractivity contribution in [2.75, 3.05) is 6.54 Å². The fraction of sp³-hybridized carbons (Fsp3) is 0.267. The molecule has 1 aliphatic heterocycles. The molecule has 1 aliphatic rings. The Hall–Kier alpha value is -1.87. The first kappa shape index (κ1) is 11.2. The summed E-state index contributed by atoms with van der Waals surface area (Å²) in [6.45, 7) is 1.83. The van der Waals surface area contributed by atoms with Crippen LogP contribution in [0.2, 0.25) is 0 Å². The van der Waals surface area contributed by atoms with E-state index in [-0.39, 0.29) is 5.91 Å². The molecular formula is C15H16N2O. The SMILES string of the molecule is O=C(Cc1ccccc1)n1ccc2c1CCNC2. The summed E-state index contributed by atoms with van der Waals surface area (Å²) in [5, 5.41) is 3.32. The Morgan fingerprint density at radius 1 is 1.22 bits per heavy atom. The number of aromatic nitrogens is 1. The van der Waals surface area contributed by atoms with Gasteiger partial charge in [0, 0.05) is 31.4 Å². The van der Waals surface area contributed by atoms with Crippen LogP contribution in [0.3, 0.4) is 0 Å². The number of carbonyl (C=O) groups excluding carboxylic acids is 1. The van der Waals surface area contributed by atoms with Gasteiger partial charge in [-0.15, -0.1) is 0 Å². The van der Waals surface area contributed by atoms with Gasteiger partial charge < -0.3 is 5.32 Å². The maximum atomic E-state index is 12.3. The third kappa shape index (κ3) is 2.09. The van der Waals surface area contributed by atoms with Crippen molar-refractivity contribution in [2.24, 2.45) is 0 Å². The van der Waals surface area contributed by atoms with Crippen LogP contribution in [0.25, 0.3) is 0 Å². The molecule has 2 aromatic rings. The van der Waals surface area contributed by atoms with E-state index >= 15 is 0 Å². The third-order valence-corrected chi connectivity index (χ3v) is 3.41. The fourth-order valence-corrected chi connectivity index (χ4v) is 2.47. The number of hydrogen-bond donors (Lipinski definition) is 1. The fourth-order valence-electron chi connectivity index (χ4n) is 2.47. The Labute approximate surface area is 106 Å². The zero-order valence-corrected chi connectivity index (χ0v) is 10.2. The second-order valence-electron chi connectivity index (χ2n) is 4.64. The van der Waals surface area contributed by atoms with Gasteiger partial charge in [0.05, 0.1) is 6.42 Å². The molecule has 3 heteroatoms. The average molecular weight is 240 g/mol. The molecule has 1 aromatic heterocycles. The van der Waals surface area contributed by atoms with Crippen LogP contribution in [0, 0.1) is 0 Å². The van der Waals surface area contributed by atoms with Gasteiger partial charge in [0.15, 0.2) is 0 Å². The van der Waals surface area contributed by atoms with E-state index in [2.05, 4.69) is 5.32 Å². The van der Waals surface area contributed by atoms with Gasteiger partial charge in [0.2, 0.25) is 5.91 Å². The smallest absolute Gasteiger partial charge is 0.235 e. The van der Waals surface area contributed by atoms with Crippen molar-refractivity contribution in [1.29, 1.82) is 0 Å². The minimum atomic E-state index is 0.157. The van der Waals surface area contributed by atoms with Gasteiger partial charge in [-0.1, -0.05) is 30.3 Å². The van der Waals surface area contributed by atoms with Gasteiger partial charge >= 0.3 is 0 Å². The summed E-state index contributed by atoms with van der Waals surface area (Å²) in [4.78, 5) is 12.3. The van der Waals surface area contributed by atoms with Crippen LogP contribution in [0.4, 0.5) is 0 Å². The third-order valence-electron chi connectivity index (χ3n) is 3.41. The molecular weight excluding hydrogens is 224 g/mol. The molecule has 3 rings (SSSR count). The first-order valence-electron chi connectivity index (χ1n) is 6.31. The molecule has 0 fully saturated rings. The molecule has 0 bridgehead atoms. The van der Waals surface area contributed by atoms with E-state index in [0.717, 1.165) is 25.1 Å². The molecule has 0 amide bonds.